The molecule has 0 aliphatic heterocycles. The lowest BCUT2D eigenvalue weighted by Crippen LogP contribution is -2.37. The Balaban J connectivity index is 0.00000363. The molecule has 0 unspecified atom stereocenters. The molecule has 3 aromatic rings. The highest BCUT2D eigenvalue weighted by Crippen LogP contribution is 2.33. The first-order valence-electron chi connectivity index (χ1n) is 9.05. The fourth-order valence-corrected chi connectivity index (χ4v) is 4.16. The largest absolute Gasteiger partial charge is 0.493 e. The van der Waals surface area contributed by atoms with Crippen LogP contribution < -0.4 is 13.8 Å². The number of hydrogen-bond acceptors (Lipinski definition) is 5. The topological polar surface area (TPSA) is 68.7 Å². The third kappa shape index (κ3) is 6.76. The molecule has 0 aliphatic carbocycles. The van der Waals surface area contributed by atoms with Crippen LogP contribution in [-0.2, 0) is 16.6 Å². The quantitative estimate of drug-likeness (QED) is 0.436. The van der Waals surface area contributed by atoms with Gasteiger partial charge in [-0.05, 0) is 48.0 Å². The molecule has 2 aromatic carbocycles. The normalized spacial score (nSPS) is 11.4. The van der Waals surface area contributed by atoms with Crippen LogP contribution in [-0.4, -0.2) is 32.4 Å². The van der Waals surface area contributed by atoms with Crippen LogP contribution in [0.4, 0.5) is 18.9 Å². The Morgan fingerprint density at radius 1 is 0.969 bits per heavy atom. The lowest BCUT2D eigenvalue weighted by atomic mass is 10.2. The van der Waals surface area contributed by atoms with Gasteiger partial charge in [-0.1, -0.05) is 18.2 Å². The van der Waals surface area contributed by atoms with Crippen molar-refractivity contribution in [3.63, 3.8) is 0 Å². The van der Waals surface area contributed by atoms with Gasteiger partial charge in [0.1, 0.15) is 5.75 Å². The molecule has 0 aliphatic rings. The van der Waals surface area contributed by atoms with Gasteiger partial charge in [-0.3, -0.25) is 9.29 Å². The van der Waals surface area contributed by atoms with Crippen LogP contribution in [0.3, 0.4) is 0 Å². The van der Waals surface area contributed by atoms with Crippen molar-refractivity contribution in [3.05, 3.63) is 78.6 Å². The van der Waals surface area contributed by atoms with Crippen LogP contribution in [0.1, 0.15) is 5.56 Å². The highest BCUT2D eigenvalue weighted by Gasteiger charge is 2.38. The molecule has 0 fully saturated rings. The lowest BCUT2D eigenvalue weighted by Gasteiger charge is -2.25. The number of hydrogen-bond donors (Lipinski definition) is 0. The summed E-state index contributed by atoms with van der Waals surface area (Å²) in [5.41, 5.74) is 0.517. The van der Waals surface area contributed by atoms with E-state index in [1.165, 1.54) is 43.8 Å². The smallest absolute Gasteiger partial charge is 0.404 e. The second-order valence-corrected chi connectivity index (χ2v) is 8.38. The molecule has 0 amide bonds. The van der Waals surface area contributed by atoms with Gasteiger partial charge in [0.15, 0.2) is 17.3 Å². The SMILES string of the molecule is COc1ccccc1Oc1ccc(N(Cc2cccnc2)S(=O)(=O)CC(F)(F)F)cc1.Cl. The zero-order valence-corrected chi connectivity index (χ0v) is 18.5. The summed E-state index contributed by atoms with van der Waals surface area (Å²) in [6, 6.07) is 15.8. The minimum atomic E-state index is -4.88. The lowest BCUT2D eigenvalue weighted by molar-refractivity contribution is -0.106. The zero-order chi connectivity index (χ0) is 22.5. The number of halogens is 4. The van der Waals surface area contributed by atoms with Crippen molar-refractivity contribution in [2.45, 2.75) is 12.7 Å². The first-order chi connectivity index (χ1) is 14.7. The van der Waals surface area contributed by atoms with Crippen molar-refractivity contribution in [2.24, 2.45) is 0 Å². The fraction of sp³-hybridized carbons (Fsp3) is 0.190. The number of sulfonamides is 1. The van der Waals surface area contributed by atoms with Crippen molar-refractivity contribution < 1.29 is 31.1 Å². The minimum Gasteiger partial charge on any atom is -0.493 e. The van der Waals surface area contributed by atoms with Crippen LogP contribution >= 0.6 is 12.4 Å². The van der Waals surface area contributed by atoms with E-state index in [0.29, 0.717) is 27.1 Å². The second kappa shape index (κ2) is 10.6. The Morgan fingerprint density at radius 2 is 1.62 bits per heavy atom. The van der Waals surface area contributed by atoms with E-state index in [1.807, 2.05) is 0 Å². The van der Waals surface area contributed by atoms with Crippen LogP contribution in [0.5, 0.6) is 17.2 Å². The van der Waals surface area contributed by atoms with Gasteiger partial charge in [-0.15, -0.1) is 12.4 Å². The Morgan fingerprint density at radius 3 is 2.19 bits per heavy atom. The summed E-state index contributed by atoms with van der Waals surface area (Å²) in [5.74, 6) is -0.672. The number of anilines is 1. The van der Waals surface area contributed by atoms with E-state index in [2.05, 4.69) is 4.98 Å². The van der Waals surface area contributed by atoms with Gasteiger partial charge in [0.25, 0.3) is 0 Å². The molecular formula is C21H20ClF3N2O4S. The summed E-state index contributed by atoms with van der Waals surface area (Å²) in [6.07, 6.45) is -1.99. The van der Waals surface area contributed by atoms with Crippen LogP contribution in [0, 0.1) is 0 Å². The number of nitrogens with zero attached hydrogens (tertiary/aromatic N) is 2. The van der Waals surface area contributed by atoms with Gasteiger partial charge in [0, 0.05) is 12.4 Å². The molecule has 1 heterocycles. The number of rotatable bonds is 8. The van der Waals surface area contributed by atoms with E-state index in [1.54, 1.807) is 36.4 Å². The average Bonchev–Trinajstić information content (AvgIpc) is 2.72. The Hall–Kier alpha value is -2.98. The predicted octanol–water partition coefficient (Wildman–Crippen LogP) is 5.20. The number of para-hydroxylation sites is 2. The highest BCUT2D eigenvalue weighted by molar-refractivity contribution is 7.92. The summed E-state index contributed by atoms with van der Waals surface area (Å²) >= 11 is 0. The molecule has 0 saturated heterocycles. The summed E-state index contributed by atoms with van der Waals surface area (Å²) in [6.45, 7) is -0.293. The van der Waals surface area contributed by atoms with Gasteiger partial charge in [-0.2, -0.15) is 13.2 Å². The second-order valence-electron chi connectivity index (χ2n) is 6.49. The molecule has 0 atom stereocenters. The van der Waals surface area contributed by atoms with E-state index >= 15 is 0 Å². The van der Waals surface area contributed by atoms with Crippen molar-refractivity contribution >= 4 is 28.1 Å². The molecule has 32 heavy (non-hydrogen) atoms. The number of aromatic nitrogens is 1. The number of pyridine rings is 1. The monoisotopic (exact) mass is 488 g/mol. The van der Waals surface area contributed by atoms with Crippen molar-refractivity contribution in [3.8, 4) is 17.2 Å². The van der Waals surface area contributed by atoms with E-state index in [9.17, 15) is 21.6 Å². The predicted molar refractivity (Wildman–Crippen MR) is 117 cm³/mol. The maximum Gasteiger partial charge on any atom is 0.404 e. The summed E-state index contributed by atoms with van der Waals surface area (Å²) in [5, 5.41) is 0. The van der Waals surface area contributed by atoms with E-state index < -0.39 is 22.0 Å². The molecule has 0 saturated carbocycles. The molecule has 6 nitrogen and oxygen atoms in total. The molecule has 0 bridgehead atoms. The maximum atomic E-state index is 12.9. The summed E-state index contributed by atoms with van der Waals surface area (Å²) in [7, 11) is -3.20. The van der Waals surface area contributed by atoms with Crippen molar-refractivity contribution in [1.82, 2.24) is 4.98 Å². The highest BCUT2D eigenvalue weighted by atomic mass is 35.5. The van der Waals surface area contributed by atoms with Crippen LogP contribution in [0.15, 0.2) is 73.1 Å². The van der Waals surface area contributed by atoms with Crippen molar-refractivity contribution in [2.75, 3.05) is 17.2 Å². The zero-order valence-electron chi connectivity index (χ0n) is 16.8. The molecule has 0 spiro atoms. The summed E-state index contributed by atoms with van der Waals surface area (Å²) in [4.78, 5) is 3.89. The number of alkyl halides is 3. The molecule has 1 aromatic heterocycles. The molecule has 172 valence electrons. The fourth-order valence-electron chi connectivity index (χ4n) is 2.80. The van der Waals surface area contributed by atoms with Crippen LogP contribution in [0.25, 0.3) is 0 Å². The van der Waals surface area contributed by atoms with E-state index in [4.69, 9.17) is 9.47 Å². The van der Waals surface area contributed by atoms with Gasteiger partial charge < -0.3 is 9.47 Å². The Labute approximate surface area is 190 Å². The third-order valence-corrected chi connectivity index (χ3v) is 5.86. The third-order valence-electron chi connectivity index (χ3n) is 4.15. The summed E-state index contributed by atoms with van der Waals surface area (Å²) < 4.78 is 75.4. The first kappa shape index (κ1) is 25.3. The number of benzene rings is 2. The average molecular weight is 489 g/mol. The Kier molecular flexibility index (Phi) is 8.34. The maximum absolute atomic E-state index is 12.9. The molecule has 0 radical (unpaired) electrons. The van der Waals surface area contributed by atoms with Gasteiger partial charge >= 0.3 is 6.18 Å². The molecule has 11 heteroatoms. The number of ether oxygens (including phenoxy) is 2. The first-order valence-corrected chi connectivity index (χ1v) is 10.7. The molecule has 0 N–H and O–H groups in total. The minimum absolute atomic E-state index is 0. The molecule has 3 rings (SSSR count). The van der Waals surface area contributed by atoms with Crippen LogP contribution in [0.2, 0.25) is 0 Å². The van der Waals surface area contributed by atoms with Gasteiger partial charge in [0.05, 0.1) is 19.3 Å². The van der Waals surface area contributed by atoms with E-state index in [0.717, 1.165) is 0 Å². The van der Waals surface area contributed by atoms with Crippen molar-refractivity contribution in [1.29, 1.82) is 0 Å². The Bertz CT molecular complexity index is 1110. The van der Waals surface area contributed by atoms with Gasteiger partial charge in [-0.25, -0.2) is 8.42 Å². The number of methoxy groups -OCH3 is 1. The molecular weight excluding hydrogens is 469 g/mol. The van der Waals surface area contributed by atoms with Gasteiger partial charge in [0.2, 0.25) is 10.0 Å². The van der Waals surface area contributed by atoms with E-state index in [-0.39, 0.29) is 24.6 Å². The standard InChI is InChI=1S/C21H19F3N2O4S.ClH/c1-29-19-6-2-3-7-20(19)30-18-10-8-17(9-11-18)26(14-16-5-4-12-25-13-16)31(27,28)15-21(22,23)24;/h2-13H,14-15H2,1H3;1H.